The number of benzene rings is 1. The predicted molar refractivity (Wildman–Crippen MR) is 86.7 cm³/mol. The summed E-state index contributed by atoms with van der Waals surface area (Å²) in [6.07, 6.45) is 4.72. The van der Waals surface area contributed by atoms with E-state index >= 15 is 0 Å². The van der Waals surface area contributed by atoms with Gasteiger partial charge in [0.15, 0.2) is 0 Å². The smallest absolute Gasteiger partial charge is 0.253 e. The molecular formula is C17H17N5O. The van der Waals surface area contributed by atoms with Crippen molar-refractivity contribution in [1.29, 1.82) is 0 Å². The third-order valence-corrected chi connectivity index (χ3v) is 3.58. The standard InChI is InChI=1S/C17H17N5O/c1-11-3-5-13(6-4-11)14-7-15(9-18-8-14)17(23)21-12(2)16-19-10-20-22-16/h3-10,12H,1-2H3,(H,21,23)(H,19,20,22). The lowest BCUT2D eigenvalue weighted by atomic mass is 10.0. The van der Waals surface area contributed by atoms with Crippen molar-refractivity contribution in [2.24, 2.45) is 0 Å². The van der Waals surface area contributed by atoms with E-state index < -0.39 is 0 Å². The molecule has 0 aliphatic heterocycles. The van der Waals surface area contributed by atoms with Gasteiger partial charge in [0.1, 0.15) is 12.2 Å². The van der Waals surface area contributed by atoms with E-state index in [0.717, 1.165) is 11.1 Å². The summed E-state index contributed by atoms with van der Waals surface area (Å²) in [4.78, 5) is 20.6. The molecule has 0 aliphatic rings. The first-order valence-corrected chi connectivity index (χ1v) is 7.31. The molecule has 0 saturated heterocycles. The summed E-state index contributed by atoms with van der Waals surface area (Å²) < 4.78 is 0. The molecule has 23 heavy (non-hydrogen) atoms. The van der Waals surface area contributed by atoms with Crippen molar-refractivity contribution in [1.82, 2.24) is 25.5 Å². The summed E-state index contributed by atoms with van der Waals surface area (Å²) in [5, 5.41) is 9.40. The lowest BCUT2D eigenvalue weighted by molar-refractivity contribution is 0.0938. The van der Waals surface area contributed by atoms with E-state index in [9.17, 15) is 4.79 Å². The summed E-state index contributed by atoms with van der Waals surface area (Å²) in [5.74, 6) is 0.413. The molecule has 1 atom stereocenters. The van der Waals surface area contributed by atoms with Crippen molar-refractivity contribution in [2.45, 2.75) is 19.9 Å². The maximum atomic E-state index is 12.4. The Kier molecular flexibility index (Phi) is 4.14. The van der Waals surface area contributed by atoms with Crippen LogP contribution in [0.15, 0.2) is 49.1 Å². The Morgan fingerprint density at radius 2 is 1.96 bits per heavy atom. The van der Waals surface area contributed by atoms with E-state index in [4.69, 9.17) is 0 Å². The fourth-order valence-corrected chi connectivity index (χ4v) is 2.24. The van der Waals surface area contributed by atoms with Crippen LogP contribution in [0.2, 0.25) is 0 Å². The Morgan fingerprint density at radius 3 is 2.65 bits per heavy atom. The highest BCUT2D eigenvalue weighted by Crippen LogP contribution is 2.20. The van der Waals surface area contributed by atoms with Crippen molar-refractivity contribution >= 4 is 5.91 Å². The number of carbonyl (C=O) groups excluding carboxylic acids is 1. The summed E-state index contributed by atoms with van der Waals surface area (Å²) >= 11 is 0. The van der Waals surface area contributed by atoms with Crippen LogP contribution in [0, 0.1) is 6.92 Å². The molecule has 2 aromatic heterocycles. The van der Waals surface area contributed by atoms with Crippen LogP contribution in [0.1, 0.15) is 34.7 Å². The van der Waals surface area contributed by atoms with Crippen LogP contribution >= 0.6 is 0 Å². The van der Waals surface area contributed by atoms with Gasteiger partial charge in [-0.3, -0.25) is 14.9 Å². The van der Waals surface area contributed by atoms with Crippen molar-refractivity contribution in [3.05, 3.63) is 66.0 Å². The van der Waals surface area contributed by atoms with Crippen molar-refractivity contribution in [3.63, 3.8) is 0 Å². The summed E-state index contributed by atoms with van der Waals surface area (Å²) in [5.41, 5.74) is 3.64. The zero-order chi connectivity index (χ0) is 16.2. The van der Waals surface area contributed by atoms with Crippen LogP contribution in [-0.4, -0.2) is 26.1 Å². The van der Waals surface area contributed by atoms with Crippen molar-refractivity contribution < 1.29 is 4.79 Å². The van der Waals surface area contributed by atoms with Gasteiger partial charge < -0.3 is 5.32 Å². The van der Waals surface area contributed by atoms with E-state index in [1.807, 2.05) is 44.2 Å². The molecule has 0 fully saturated rings. The molecule has 0 aliphatic carbocycles. The quantitative estimate of drug-likeness (QED) is 0.776. The highest BCUT2D eigenvalue weighted by Gasteiger charge is 2.14. The third kappa shape index (κ3) is 3.42. The van der Waals surface area contributed by atoms with E-state index in [2.05, 4.69) is 25.5 Å². The highest BCUT2D eigenvalue weighted by atomic mass is 16.1. The average molecular weight is 307 g/mol. The fraction of sp³-hybridized carbons (Fsp3) is 0.176. The first-order chi connectivity index (χ1) is 11.1. The number of carbonyl (C=O) groups is 1. The highest BCUT2D eigenvalue weighted by molar-refractivity contribution is 5.95. The van der Waals surface area contributed by atoms with Gasteiger partial charge in [0.2, 0.25) is 0 Å². The third-order valence-electron chi connectivity index (χ3n) is 3.58. The monoisotopic (exact) mass is 307 g/mol. The lowest BCUT2D eigenvalue weighted by Crippen LogP contribution is -2.27. The molecule has 1 unspecified atom stereocenters. The fourth-order valence-electron chi connectivity index (χ4n) is 2.24. The summed E-state index contributed by atoms with van der Waals surface area (Å²) in [6, 6.07) is 9.69. The van der Waals surface area contributed by atoms with Crippen LogP contribution in [0.4, 0.5) is 0 Å². The van der Waals surface area contributed by atoms with Crippen LogP contribution < -0.4 is 5.32 Å². The van der Waals surface area contributed by atoms with Gasteiger partial charge >= 0.3 is 0 Å². The SMILES string of the molecule is Cc1ccc(-c2cncc(C(=O)NC(C)c3ncn[nH]3)c2)cc1. The molecule has 2 N–H and O–H groups in total. The molecule has 6 nitrogen and oxygen atoms in total. The van der Waals surface area contributed by atoms with Gasteiger partial charge in [-0.2, -0.15) is 5.10 Å². The molecule has 3 rings (SSSR count). The van der Waals surface area contributed by atoms with Gasteiger partial charge in [-0.15, -0.1) is 0 Å². The van der Waals surface area contributed by atoms with Crippen LogP contribution in [0.3, 0.4) is 0 Å². The Balaban J connectivity index is 1.79. The number of nitrogens with one attached hydrogen (secondary N) is 2. The Hall–Kier alpha value is -3.02. The minimum atomic E-state index is -0.256. The molecule has 1 aromatic carbocycles. The van der Waals surface area contributed by atoms with Gasteiger partial charge in [-0.05, 0) is 25.5 Å². The van der Waals surface area contributed by atoms with E-state index in [1.165, 1.54) is 11.9 Å². The van der Waals surface area contributed by atoms with Crippen molar-refractivity contribution in [3.8, 4) is 11.1 Å². The number of hydrogen-bond donors (Lipinski definition) is 2. The van der Waals surface area contributed by atoms with Gasteiger partial charge in [0.25, 0.3) is 5.91 Å². The molecule has 0 spiro atoms. The molecule has 6 heteroatoms. The largest absolute Gasteiger partial charge is 0.342 e. The minimum absolute atomic E-state index is 0.199. The number of aromatic nitrogens is 4. The summed E-state index contributed by atoms with van der Waals surface area (Å²) in [7, 11) is 0. The normalized spacial score (nSPS) is 11.9. The average Bonchev–Trinajstić information content (AvgIpc) is 3.10. The van der Waals surface area contributed by atoms with Gasteiger partial charge in [-0.25, -0.2) is 4.98 Å². The first-order valence-electron chi connectivity index (χ1n) is 7.31. The number of rotatable bonds is 4. The van der Waals surface area contributed by atoms with Crippen LogP contribution in [0.25, 0.3) is 11.1 Å². The number of hydrogen-bond acceptors (Lipinski definition) is 4. The molecule has 0 bridgehead atoms. The van der Waals surface area contributed by atoms with Gasteiger partial charge in [0.05, 0.1) is 11.6 Å². The predicted octanol–water partition coefficient (Wildman–Crippen LogP) is 2.67. The zero-order valence-electron chi connectivity index (χ0n) is 12.9. The van der Waals surface area contributed by atoms with Crippen LogP contribution in [-0.2, 0) is 0 Å². The molecule has 116 valence electrons. The second-order valence-electron chi connectivity index (χ2n) is 5.39. The molecule has 2 heterocycles. The molecule has 3 aromatic rings. The topological polar surface area (TPSA) is 83.6 Å². The molecule has 0 radical (unpaired) electrons. The maximum Gasteiger partial charge on any atom is 0.253 e. The van der Waals surface area contributed by atoms with E-state index in [-0.39, 0.29) is 11.9 Å². The number of aromatic amines is 1. The number of pyridine rings is 1. The number of nitrogens with zero attached hydrogens (tertiary/aromatic N) is 3. The van der Waals surface area contributed by atoms with Gasteiger partial charge in [0, 0.05) is 18.0 Å². The number of H-pyrrole nitrogens is 1. The minimum Gasteiger partial charge on any atom is -0.342 e. The molecule has 0 saturated carbocycles. The maximum absolute atomic E-state index is 12.4. The van der Waals surface area contributed by atoms with Gasteiger partial charge in [-0.1, -0.05) is 29.8 Å². The van der Waals surface area contributed by atoms with E-state index in [0.29, 0.717) is 11.4 Å². The molecular weight excluding hydrogens is 290 g/mol. The number of aryl methyl sites for hydroxylation is 1. The van der Waals surface area contributed by atoms with Crippen LogP contribution in [0.5, 0.6) is 0 Å². The van der Waals surface area contributed by atoms with E-state index in [1.54, 1.807) is 12.4 Å². The Morgan fingerprint density at radius 1 is 1.17 bits per heavy atom. The first kappa shape index (κ1) is 14.9. The number of amides is 1. The zero-order valence-corrected chi connectivity index (χ0v) is 12.9. The second kappa shape index (κ2) is 6.39. The lowest BCUT2D eigenvalue weighted by Gasteiger charge is -2.11. The molecule has 1 amide bonds. The Bertz CT molecular complexity index is 796. The van der Waals surface area contributed by atoms with Crippen molar-refractivity contribution in [2.75, 3.05) is 0 Å². The Labute approximate surface area is 134 Å². The second-order valence-corrected chi connectivity index (χ2v) is 5.39. The summed E-state index contributed by atoms with van der Waals surface area (Å²) in [6.45, 7) is 3.88.